The molecule has 5 rings (SSSR count). The van der Waals surface area contributed by atoms with Crippen molar-refractivity contribution >= 4 is 0 Å². The lowest BCUT2D eigenvalue weighted by Gasteiger charge is -2.44. The Morgan fingerprint density at radius 2 is 1.62 bits per heavy atom. The summed E-state index contributed by atoms with van der Waals surface area (Å²) in [6.07, 6.45) is 19.8. The zero-order valence-corrected chi connectivity index (χ0v) is 25.1. The van der Waals surface area contributed by atoms with Crippen molar-refractivity contribution in [3.8, 4) is 0 Å². The minimum absolute atomic E-state index is 0.346. The summed E-state index contributed by atoms with van der Waals surface area (Å²) < 4.78 is 1.92. The first-order valence-corrected chi connectivity index (χ1v) is 15.5. The van der Waals surface area contributed by atoms with Gasteiger partial charge in [0.25, 0.3) is 0 Å². The number of piperazine rings is 1. The molecule has 0 aromatic carbocycles. The molecule has 3 aromatic heterocycles. The first-order chi connectivity index (χ1) is 19.5. The van der Waals surface area contributed by atoms with Crippen LogP contribution in [0.2, 0.25) is 0 Å². The smallest absolute Gasteiger partial charge is 0.0524 e. The maximum atomic E-state index is 4.60. The average Bonchev–Trinajstić information content (AvgIpc) is 3.77. The van der Waals surface area contributed by atoms with Crippen LogP contribution in [0.5, 0.6) is 0 Å². The quantitative estimate of drug-likeness (QED) is 0.330. The molecule has 0 spiro atoms. The molecule has 8 nitrogen and oxygen atoms in total. The molecule has 40 heavy (non-hydrogen) atoms. The van der Waals surface area contributed by atoms with Gasteiger partial charge < -0.3 is 9.80 Å². The van der Waals surface area contributed by atoms with Gasteiger partial charge in [0.2, 0.25) is 0 Å². The highest BCUT2D eigenvalue weighted by Crippen LogP contribution is 2.43. The predicted molar refractivity (Wildman–Crippen MR) is 162 cm³/mol. The zero-order valence-electron chi connectivity index (χ0n) is 25.1. The molecule has 0 aliphatic carbocycles. The second-order valence-electron chi connectivity index (χ2n) is 12.5. The summed E-state index contributed by atoms with van der Waals surface area (Å²) >= 11 is 0. The van der Waals surface area contributed by atoms with Crippen molar-refractivity contribution in [3.05, 3.63) is 66.0 Å². The molecule has 1 N–H and O–H groups in total. The summed E-state index contributed by atoms with van der Waals surface area (Å²) in [6.45, 7) is 11.8. The molecule has 2 saturated heterocycles. The predicted octanol–water partition coefficient (Wildman–Crippen LogP) is 4.87. The molecular weight excluding hydrogens is 496 g/mol. The Bertz CT molecular complexity index is 1120. The van der Waals surface area contributed by atoms with Crippen molar-refractivity contribution in [1.29, 1.82) is 0 Å². The third-order valence-corrected chi connectivity index (χ3v) is 9.72. The van der Waals surface area contributed by atoms with Gasteiger partial charge in [-0.1, -0.05) is 13.0 Å². The molecule has 2 aliphatic heterocycles. The number of aromatic nitrogens is 5. The number of nitrogens with zero attached hydrogens (tertiary/aromatic N) is 7. The topological polar surface area (TPSA) is 69.1 Å². The molecule has 3 aromatic rings. The van der Waals surface area contributed by atoms with E-state index in [1.165, 1.54) is 55.5 Å². The highest BCUT2D eigenvalue weighted by Gasteiger charge is 2.37. The van der Waals surface area contributed by atoms with Gasteiger partial charge in [0.1, 0.15) is 0 Å². The lowest BCUT2D eigenvalue weighted by Crippen LogP contribution is -2.52. The normalized spacial score (nSPS) is 21.3. The number of hydrogen-bond acceptors (Lipinski definition) is 6. The van der Waals surface area contributed by atoms with Gasteiger partial charge >= 0.3 is 0 Å². The summed E-state index contributed by atoms with van der Waals surface area (Å²) in [5, 5.41) is 12.1. The third-order valence-electron chi connectivity index (χ3n) is 9.72. The van der Waals surface area contributed by atoms with Crippen molar-refractivity contribution in [3.63, 3.8) is 0 Å². The highest BCUT2D eigenvalue weighted by atomic mass is 15.3. The van der Waals surface area contributed by atoms with Gasteiger partial charge in [0.05, 0.1) is 12.4 Å². The molecule has 0 saturated carbocycles. The third kappa shape index (κ3) is 7.20. The van der Waals surface area contributed by atoms with Crippen LogP contribution >= 0.6 is 0 Å². The Kier molecular flexibility index (Phi) is 10.0. The lowest BCUT2D eigenvalue weighted by molar-refractivity contribution is 0.0790. The summed E-state index contributed by atoms with van der Waals surface area (Å²) in [7, 11) is 4.26. The molecule has 0 bridgehead atoms. The van der Waals surface area contributed by atoms with E-state index in [4.69, 9.17) is 0 Å². The first kappa shape index (κ1) is 29.0. The number of nitrogens with one attached hydrogen (secondary N) is 1. The number of rotatable bonds is 13. The van der Waals surface area contributed by atoms with Crippen LogP contribution in [0.1, 0.15) is 86.8 Å². The Balaban J connectivity index is 1.45. The molecule has 2 aliphatic rings. The Morgan fingerprint density at radius 3 is 2.27 bits per heavy atom. The molecule has 218 valence electrons. The van der Waals surface area contributed by atoms with Crippen LogP contribution in [0.25, 0.3) is 0 Å². The second-order valence-corrected chi connectivity index (χ2v) is 12.5. The molecular formula is C32H50N8. The van der Waals surface area contributed by atoms with Crippen LogP contribution in [0, 0.1) is 0 Å². The van der Waals surface area contributed by atoms with Crippen LogP contribution in [0.3, 0.4) is 0 Å². The van der Waals surface area contributed by atoms with E-state index in [1.807, 2.05) is 24.1 Å². The number of aryl methyl sites for hydroxylation is 1. The van der Waals surface area contributed by atoms with Crippen LogP contribution in [0.4, 0.5) is 0 Å². The van der Waals surface area contributed by atoms with Crippen molar-refractivity contribution < 1.29 is 0 Å². The second kappa shape index (κ2) is 13.9. The first-order valence-electron chi connectivity index (χ1n) is 15.5. The fourth-order valence-electron chi connectivity index (χ4n) is 7.13. The van der Waals surface area contributed by atoms with Gasteiger partial charge in [-0.15, -0.1) is 0 Å². The van der Waals surface area contributed by atoms with Crippen molar-refractivity contribution in [2.75, 3.05) is 46.3 Å². The maximum Gasteiger partial charge on any atom is 0.0524 e. The Labute approximate surface area is 241 Å². The highest BCUT2D eigenvalue weighted by molar-refractivity contribution is 5.27. The summed E-state index contributed by atoms with van der Waals surface area (Å²) in [5.41, 5.74) is 4.00. The number of hydrogen-bond donors (Lipinski definition) is 1. The van der Waals surface area contributed by atoms with Crippen LogP contribution in [-0.4, -0.2) is 98.1 Å². The van der Waals surface area contributed by atoms with Crippen LogP contribution in [-0.2, 0) is 7.05 Å². The van der Waals surface area contributed by atoms with Crippen LogP contribution in [0.15, 0.2) is 49.3 Å². The van der Waals surface area contributed by atoms with Gasteiger partial charge in [-0.25, -0.2) is 0 Å². The fourth-order valence-corrected chi connectivity index (χ4v) is 7.13. The molecule has 5 heterocycles. The number of H-pyrrole nitrogens is 1. The van der Waals surface area contributed by atoms with Gasteiger partial charge in [0, 0.05) is 76.0 Å². The SMILES string of the molecule is CC(CCC(c1cccnc1)C(c1cn[nH]c1)C(CCC(C)N1CCCC1)N1CCN(C)CC1)c1cnn(C)c1. The van der Waals surface area contributed by atoms with E-state index in [-0.39, 0.29) is 0 Å². The minimum atomic E-state index is 0.346. The maximum absolute atomic E-state index is 4.60. The molecule has 5 unspecified atom stereocenters. The zero-order chi connectivity index (χ0) is 27.9. The van der Waals surface area contributed by atoms with E-state index in [0.29, 0.717) is 29.8 Å². The molecule has 0 amide bonds. The van der Waals surface area contributed by atoms with Crippen LogP contribution < -0.4 is 0 Å². The molecule has 0 radical (unpaired) electrons. The largest absolute Gasteiger partial charge is 0.304 e. The molecule has 5 atom stereocenters. The van der Waals surface area contributed by atoms with Crippen molar-refractivity contribution in [2.24, 2.45) is 7.05 Å². The molecule has 2 fully saturated rings. The summed E-state index contributed by atoms with van der Waals surface area (Å²) in [6, 6.07) is 5.49. The minimum Gasteiger partial charge on any atom is -0.304 e. The Hall–Kier alpha value is -2.55. The number of likely N-dealkylation sites (tertiary alicyclic amines) is 1. The van der Waals surface area contributed by atoms with E-state index < -0.39 is 0 Å². The van der Waals surface area contributed by atoms with E-state index >= 15 is 0 Å². The standard InChI is InChI=1S/C32H50N8/c1-25(29-23-36-38(4)24-29)9-11-30(27-8-7-13-33-20-27)32(28-21-34-35-22-28)31(40-18-16-37(3)17-19-40)12-10-26(2)39-14-5-6-15-39/h7-8,13,20-26,30-32H,5-6,9-12,14-19H2,1-4H3,(H,34,35). The van der Waals surface area contributed by atoms with E-state index in [1.54, 1.807) is 0 Å². The number of pyridine rings is 1. The van der Waals surface area contributed by atoms with Crippen molar-refractivity contribution in [2.45, 2.75) is 82.2 Å². The lowest BCUT2D eigenvalue weighted by atomic mass is 9.73. The fraction of sp³-hybridized carbons (Fsp3) is 0.656. The number of aromatic amines is 1. The monoisotopic (exact) mass is 546 g/mol. The average molecular weight is 547 g/mol. The van der Waals surface area contributed by atoms with Gasteiger partial charge in [0.15, 0.2) is 0 Å². The van der Waals surface area contributed by atoms with E-state index in [9.17, 15) is 0 Å². The summed E-state index contributed by atoms with van der Waals surface area (Å²) in [5.74, 6) is 1.16. The van der Waals surface area contributed by atoms with E-state index in [2.05, 4.69) is 92.8 Å². The summed E-state index contributed by atoms with van der Waals surface area (Å²) in [4.78, 5) is 12.6. The Morgan fingerprint density at radius 1 is 0.825 bits per heavy atom. The van der Waals surface area contributed by atoms with Crippen molar-refractivity contribution in [1.82, 2.24) is 39.7 Å². The van der Waals surface area contributed by atoms with E-state index in [0.717, 1.165) is 39.0 Å². The molecule has 8 heteroatoms. The van der Waals surface area contributed by atoms with Gasteiger partial charge in [-0.3, -0.25) is 19.7 Å². The van der Waals surface area contributed by atoms with Gasteiger partial charge in [-0.2, -0.15) is 10.2 Å². The van der Waals surface area contributed by atoms with Gasteiger partial charge in [-0.05, 0) is 100 Å². The number of likely N-dealkylation sites (N-methyl/N-ethyl adjacent to an activating group) is 1.